The van der Waals surface area contributed by atoms with Crippen molar-refractivity contribution in [1.29, 1.82) is 0 Å². The van der Waals surface area contributed by atoms with Gasteiger partial charge in [-0.15, -0.1) is 11.3 Å². The molecule has 0 bridgehead atoms. The van der Waals surface area contributed by atoms with Gasteiger partial charge in [0.05, 0.1) is 18.7 Å². The smallest absolute Gasteiger partial charge is 0.407 e. The van der Waals surface area contributed by atoms with Crippen molar-refractivity contribution in [2.24, 2.45) is 0 Å². The number of thiophene rings is 1. The van der Waals surface area contributed by atoms with Crippen LogP contribution in [0.3, 0.4) is 0 Å². The van der Waals surface area contributed by atoms with Gasteiger partial charge in [0.1, 0.15) is 0 Å². The minimum Gasteiger partial charge on any atom is -0.465 e. The van der Waals surface area contributed by atoms with Crippen LogP contribution in [0.15, 0.2) is 6.07 Å². The van der Waals surface area contributed by atoms with Gasteiger partial charge in [0, 0.05) is 16.3 Å². The van der Waals surface area contributed by atoms with Crippen LogP contribution >= 0.6 is 11.3 Å². The van der Waals surface area contributed by atoms with E-state index in [1.54, 1.807) is 6.07 Å². The number of carbonyl (C=O) groups is 2. The Morgan fingerprint density at radius 1 is 1.56 bits per heavy atom. The van der Waals surface area contributed by atoms with Gasteiger partial charge < -0.3 is 14.7 Å². The molecule has 0 radical (unpaired) electrons. The van der Waals surface area contributed by atoms with Crippen molar-refractivity contribution >= 4 is 23.4 Å². The molecular formula is C12H15NO4S. The van der Waals surface area contributed by atoms with E-state index in [-0.39, 0.29) is 12.0 Å². The van der Waals surface area contributed by atoms with Gasteiger partial charge in [-0.2, -0.15) is 0 Å². The Kier molecular flexibility index (Phi) is 3.56. The van der Waals surface area contributed by atoms with Crippen molar-refractivity contribution in [3.8, 4) is 0 Å². The topological polar surface area (TPSA) is 66.8 Å². The fraction of sp³-hybridized carbons (Fsp3) is 0.500. The highest BCUT2D eigenvalue weighted by Crippen LogP contribution is 2.37. The molecule has 2 heterocycles. The maximum atomic E-state index is 11.5. The molecule has 0 spiro atoms. The van der Waals surface area contributed by atoms with E-state index in [2.05, 4.69) is 0 Å². The molecule has 2 rings (SSSR count). The van der Waals surface area contributed by atoms with Crippen LogP contribution in [-0.4, -0.2) is 35.7 Å². The van der Waals surface area contributed by atoms with Crippen molar-refractivity contribution in [2.45, 2.75) is 25.8 Å². The summed E-state index contributed by atoms with van der Waals surface area (Å²) < 4.78 is 4.71. The van der Waals surface area contributed by atoms with Crippen LogP contribution in [-0.2, 0) is 4.74 Å². The van der Waals surface area contributed by atoms with Crippen LogP contribution in [0.25, 0.3) is 0 Å². The third-order valence-corrected chi connectivity index (χ3v) is 4.32. The zero-order valence-corrected chi connectivity index (χ0v) is 11.1. The molecular weight excluding hydrogens is 254 g/mol. The second-order valence-corrected chi connectivity index (χ2v) is 5.53. The molecule has 1 unspecified atom stereocenters. The number of rotatable bonds is 2. The number of carboxylic acid groups (broad SMARTS) is 1. The van der Waals surface area contributed by atoms with E-state index in [0.29, 0.717) is 12.1 Å². The van der Waals surface area contributed by atoms with Crippen molar-refractivity contribution in [3.05, 3.63) is 21.4 Å². The molecule has 1 aromatic rings. The molecule has 5 nitrogen and oxygen atoms in total. The first-order chi connectivity index (χ1) is 8.54. The number of hydrogen-bond acceptors (Lipinski definition) is 4. The first kappa shape index (κ1) is 12.9. The lowest BCUT2D eigenvalue weighted by Gasteiger charge is -2.19. The highest BCUT2D eigenvalue weighted by atomic mass is 32.1. The predicted molar refractivity (Wildman–Crippen MR) is 67.1 cm³/mol. The zero-order chi connectivity index (χ0) is 13.3. The lowest BCUT2D eigenvalue weighted by Crippen LogP contribution is -2.28. The van der Waals surface area contributed by atoms with Crippen LogP contribution in [0.2, 0.25) is 0 Å². The number of esters is 1. The fourth-order valence-electron chi connectivity index (χ4n) is 2.27. The molecule has 0 saturated carbocycles. The number of likely N-dealkylation sites (tertiary alicyclic amines) is 1. The van der Waals surface area contributed by atoms with Gasteiger partial charge in [-0.25, -0.2) is 9.59 Å². The zero-order valence-electron chi connectivity index (χ0n) is 10.3. The largest absolute Gasteiger partial charge is 0.465 e. The van der Waals surface area contributed by atoms with E-state index >= 15 is 0 Å². The number of ether oxygens (including phenoxy) is 1. The molecule has 1 N–H and O–H groups in total. The first-order valence-corrected chi connectivity index (χ1v) is 6.54. The minimum atomic E-state index is -0.900. The monoisotopic (exact) mass is 269 g/mol. The van der Waals surface area contributed by atoms with E-state index in [4.69, 9.17) is 9.84 Å². The van der Waals surface area contributed by atoms with Crippen molar-refractivity contribution in [2.75, 3.05) is 13.7 Å². The Balaban J connectivity index is 2.29. The number of carbonyl (C=O) groups excluding carboxylic acids is 1. The fourth-order valence-corrected chi connectivity index (χ4v) is 3.44. The van der Waals surface area contributed by atoms with Gasteiger partial charge in [-0.05, 0) is 25.8 Å². The van der Waals surface area contributed by atoms with Gasteiger partial charge >= 0.3 is 12.1 Å². The van der Waals surface area contributed by atoms with E-state index in [9.17, 15) is 9.59 Å². The number of amides is 1. The average molecular weight is 269 g/mol. The Hall–Kier alpha value is -1.56. The van der Waals surface area contributed by atoms with Gasteiger partial charge in [0.25, 0.3) is 0 Å². The Bertz CT molecular complexity index is 482. The molecule has 1 atom stereocenters. The first-order valence-electron chi connectivity index (χ1n) is 5.72. The number of nitrogens with zero attached hydrogens (tertiary/aromatic N) is 1. The number of methoxy groups -OCH3 is 1. The molecule has 18 heavy (non-hydrogen) atoms. The third kappa shape index (κ3) is 2.20. The standard InChI is InChI=1S/C12H15NO4S/c1-7-8(11(14)17-2)6-10(18-7)9-4-3-5-13(9)12(15)16/h6,9H,3-5H2,1-2H3,(H,15,16). The van der Waals surface area contributed by atoms with Crippen LogP contribution in [0.5, 0.6) is 0 Å². The highest BCUT2D eigenvalue weighted by Gasteiger charge is 2.31. The quantitative estimate of drug-likeness (QED) is 0.838. The Labute approximate surface area is 109 Å². The van der Waals surface area contributed by atoms with Crippen LogP contribution in [0.4, 0.5) is 4.79 Å². The molecule has 1 aliphatic heterocycles. The Morgan fingerprint density at radius 3 is 2.89 bits per heavy atom. The van der Waals surface area contributed by atoms with E-state index in [0.717, 1.165) is 22.6 Å². The summed E-state index contributed by atoms with van der Waals surface area (Å²) in [7, 11) is 1.35. The molecule has 1 aromatic heterocycles. The molecule has 1 aliphatic rings. The number of hydrogen-bond donors (Lipinski definition) is 1. The second kappa shape index (κ2) is 4.97. The van der Waals surface area contributed by atoms with Crippen LogP contribution in [0.1, 0.15) is 39.0 Å². The molecule has 1 saturated heterocycles. The lowest BCUT2D eigenvalue weighted by molar-refractivity contribution is 0.0600. The van der Waals surface area contributed by atoms with Crippen molar-refractivity contribution in [1.82, 2.24) is 4.90 Å². The maximum absolute atomic E-state index is 11.5. The Morgan fingerprint density at radius 2 is 2.28 bits per heavy atom. The third-order valence-electron chi connectivity index (χ3n) is 3.17. The van der Waals surface area contributed by atoms with Gasteiger partial charge in [0.2, 0.25) is 0 Å². The second-order valence-electron chi connectivity index (χ2n) is 4.24. The summed E-state index contributed by atoms with van der Waals surface area (Å²) in [6, 6.07) is 1.64. The van der Waals surface area contributed by atoms with Gasteiger partial charge in [0.15, 0.2) is 0 Å². The molecule has 98 valence electrons. The summed E-state index contributed by atoms with van der Waals surface area (Å²) in [6.07, 6.45) is 0.775. The van der Waals surface area contributed by atoms with Crippen molar-refractivity contribution in [3.63, 3.8) is 0 Å². The van der Waals surface area contributed by atoms with Crippen LogP contribution in [0, 0.1) is 6.92 Å². The average Bonchev–Trinajstić information content (AvgIpc) is 2.93. The summed E-state index contributed by atoms with van der Waals surface area (Å²) in [6.45, 7) is 2.41. The summed E-state index contributed by atoms with van der Waals surface area (Å²) in [5, 5.41) is 9.12. The highest BCUT2D eigenvalue weighted by molar-refractivity contribution is 7.12. The molecule has 0 aromatic carbocycles. The van der Waals surface area contributed by atoms with E-state index in [1.807, 2.05) is 6.92 Å². The molecule has 1 amide bonds. The van der Waals surface area contributed by atoms with Gasteiger partial charge in [-0.1, -0.05) is 0 Å². The minimum absolute atomic E-state index is 0.121. The molecule has 6 heteroatoms. The van der Waals surface area contributed by atoms with E-state index in [1.165, 1.54) is 23.3 Å². The summed E-state index contributed by atoms with van der Waals surface area (Å²) >= 11 is 1.47. The predicted octanol–water partition coefficient (Wildman–Crippen LogP) is 2.66. The molecule has 0 aliphatic carbocycles. The molecule has 1 fully saturated rings. The summed E-state index contributed by atoms with van der Waals surface area (Å²) in [5.41, 5.74) is 0.537. The normalized spacial score (nSPS) is 19.0. The lowest BCUT2D eigenvalue weighted by atomic mass is 10.1. The summed E-state index contributed by atoms with van der Waals surface area (Å²) in [5.74, 6) is -0.366. The summed E-state index contributed by atoms with van der Waals surface area (Å²) in [4.78, 5) is 25.9. The maximum Gasteiger partial charge on any atom is 0.407 e. The van der Waals surface area contributed by atoms with Crippen LogP contribution < -0.4 is 0 Å². The number of aryl methyl sites for hydroxylation is 1. The SMILES string of the molecule is COC(=O)c1cc(C2CCCN2C(=O)O)sc1C. The van der Waals surface area contributed by atoms with Gasteiger partial charge in [-0.3, -0.25) is 0 Å². The van der Waals surface area contributed by atoms with E-state index < -0.39 is 6.09 Å². The van der Waals surface area contributed by atoms with Crippen molar-refractivity contribution < 1.29 is 19.4 Å².